The Morgan fingerprint density at radius 2 is 2.20 bits per heavy atom. The van der Waals surface area contributed by atoms with Crippen LogP contribution in [0, 0.1) is 11.3 Å². The van der Waals surface area contributed by atoms with Crippen molar-refractivity contribution in [1.82, 2.24) is 15.5 Å². The molecule has 0 saturated carbocycles. The number of carbonyl (C=O) groups excluding carboxylic acids is 1. The van der Waals surface area contributed by atoms with Gasteiger partial charge in [-0.1, -0.05) is 30.3 Å². The summed E-state index contributed by atoms with van der Waals surface area (Å²) in [7, 11) is 0. The predicted octanol–water partition coefficient (Wildman–Crippen LogP) is 2.32. The second kappa shape index (κ2) is 6.59. The Kier molecular flexibility index (Phi) is 4.58. The molecule has 0 saturated heterocycles. The number of hydrogen-bond donors (Lipinski definition) is 1. The van der Waals surface area contributed by atoms with Crippen molar-refractivity contribution in [3.8, 4) is 6.07 Å². The largest absolute Gasteiger partial charge is 0.345 e. The lowest BCUT2D eigenvalue weighted by Gasteiger charge is -2.13. The molecule has 0 bridgehead atoms. The van der Waals surface area contributed by atoms with Gasteiger partial charge in [-0.15, -0.1) is 21.5 Å². The summed E-state index contributed by atoms with van der Waals surface area (Å²) >= 11 is 1.27. The van der Waals surface area contributed by atoms with Crippen LogP contribution in [0.15, 0.2) is 41.4 Å². The molecule has 1 aromatic carbocycles. The van der Waals surface area contributed by atoms with Crippen LogP contribution in [0.5, 0.6) is 0 Å². The summed E-state index contributed by atoms with van der Waals surface area (Å²) in [5, 5.41) is 19.8. The zero-order valence-corrected chi connectivity index (χ0v) is 11.6. The number of nitriles is 1. The van der Waals surface area contributed by atoms with Crippen molar-refractivity contribution in [3.05, 3.63) is 52.0 Å². The molecule has 1 atom stereocenters. The number of nitrogens with zero attached hydrogens (tertiary/aromatic N) is 3. The summed E-state index contributed by atoms with van der Waals surface area (Å²) in [5.74, 6) is -0.418. The number of nitrogens with one attached hydrogen (secondary N) is 1. The Balaban J connectivity index is 2.09. The van der Waals surface area contributed by atoms with E-state index in [2.05, 4.69) is 15.5 Å². The highest BCUT2D eigenvalue weighted by atomic mass is 32.1. The van der Waals surface area contributed by atoms with Gasteiger partial charge in [0, 0.05) is 0 Å². The number of hydrogen-bond acceptors (Lipinski definition) is 5. The molecule has 6 heteroatoms. The molecule has 2 aromatic rings. The van der Waals surface area contributed by atoms with E-state index in [1.54, 1.807) is 5.51 Å². The van der Waals surface area contributed by atoms with Crippen LogP contribution in [0.25, 0.3) is 6.08 Å². The quantitative estimate of drug-likeness (QED) is 0.690. The van der Waals surface area contributed by atoms with E-state index in [0.29, 0.717) is 5.01 Å². The average molecular weight is 284 g/mol. The molecule has 20 heavy (non-hydrogen) atoms. The number of rotatable bonds is 4. The number of carbonyl (C=O) groups is 1. The zero-order chi connectivity index (χ0) is 14.4. The minimum atomic E-state index is -0.418. The third-order valence-corrected chi connectivity index (χ3v) is 3.30. The molecule has 100 valence electrons. The topological polar surface area (TPSA) is 78.7 Å². The first kappa shape index (κ1) is 13.9. The molecule has 0 radical (unpaired) electrons. The van der Waals surface area contributed by atoms with E-state index in [-0.39, 0.29) is 11.6 Å². The van der Waals surface area contributed by atoms with Crippen molar-refractivity contribution >= 4 is 23.3 Å². The van der Waals surface area contributed by atoms with E-state index in [9.17, 15) is 4.79 Å². The SMILES string of the molecule is CC(NC(=O)/C(C#N)=C/c1nncs1)c1ccccc1. The molecule has 0 aliphatic carbocycles. The summed E-state index contributed by atoms with van der Waals surface area (Å²) in [6.07, 6.45) is 1.44. The normalized spacial score (nSPS) is 12.5. The van der Waals surface area contributed by atoms with Gasteiger partial charge in [-0.05, 0) is 18.6 Å². The highest BCUT2D eigenvalue weighted by Gasteiger charge is 2.14. The van der Waals surface area contributed by atoms with Crippen LogP contribution >= 0.6 is 11.3 Å². The Morgan fingerprint density at radius 3 is 2.80 bits per heavy atom. The van der Waals surface area contributed by atoms with Crippen LogP contribution in [0.1, 0.15) is 23.5 Å². The second-order valence-electron chi connectivity index (χ2n) is 4.05. The molecule has 1 heterocycles. The lowest BCUT2D eigenvalue weighted by molar-refractivity contribution is -0.117. The van der Waals surface area contributed by atoms with Crippen LogP contribution in [0.4, 0.5) is 0 Å². The van der Waals surface area contributed by atoms with Crippen LogP contribution in [-0.2, 0) is 4.79 Å². The fourth-order valence-electron chi connectivity index (χ4n) is 1.62. The van der Waals surface area contributed by atoms with Crippen molar-refractivity contribution in [2.45, 2.75) is 13.0 Å². The number of benzene rings is 1. The molecule has 0 aliphatic rings. The van der Waals surface area contributed by atoms with Gasteiger partial charge in [0.25, 0.3) is 5.91 Å². The van der Waals surface area contributed by atoms with Crippen molar-refractivity contribution in [2.24, 2.45) is 0 Å². The average Bonchev–Trinajstić information content (AvgIpc) is 2.98. The Hall–Kier alpha value is -2.52. The van der Waals surface area contributed by atoms with Crippen LogP contribution in [0.3, 0.4) is 0 Å². The summed E-state index contributed by atoms with van der Waals surface area (Å²) in [6.45, 7) is 1.87. The van der Waals surface area contributed by atoms with Gasteiger partial charge in [0.05, 0.1) is 6.04 Å². The lowest BCUT2D eigenvalue weighted by Crippen LogP contribution is -2.27. The fourth-order valence-corrected chi connectivity index (χ4v) is 2.10. The van der Waals surface area contributed by atoms with Crippen LogP contribution < -0.4 is 5.32 Å². The fraction of sp³-hybridized carbons (Fsp3) is 0.143. The van der Waals surface area contributed by atoms with Gasteiger partial charge in [-0.25, -0.2) is 0 Å². The van der Waals surface area contributed by atoms with Crippen LogP contribution in [0.2, 0.25) is 0 Å². The van der Waals surface area contributed by atoms with E-state index >= 15 is 0 Å². The van der Waals surface area contributed by atoms with Gasteiger partial charge in [0.2, 0.25) is 0 Å². The number of amides is 1. The monoisotopic (exact) mass is 284 g/mol. The maximum Gasteiger partial charge on any atom is 0.262 e. The van der Waals surface area contributed by atoms with Crippen molar-refractivity contribution in [1.29, 1.82) is 5.26 Å². The third kappa shape index (κ3) is 3.49. The van der Waals surface area contributed by atoms with Gasteiger partial charge in [-0.2, -0.15) is 5.26 Å². The maximum atomic E-state index is 12.0. The smallest absolute Gasteiger partial charge is 0.262 e. The summed E-state index contributed by atoms with van der Waals surface area (Å²) < 4.78 is 0. The molecule has 0 aliphatic heterocycles. The number of aromatic nitrogens is 2. The molecule has 1 unspecified atom stereocenters. The molecule has 1 N–H and O–H groups in total. The molecular weight excluding hydrogens is 272 g/mol. The summed E-state index contributed by atoms with van der Waals surface area (Å²) in [4.78, 5) is 12.0. The lowest BCUT2D eigenvalue weighted by atomic mass is 10.1. The summed E-state index contributed by atoms with van der Waals surface area (Å²) in [5.41, 5.74) is 2.55. The maximum absolute atomic E-state index is 12.0. The van der Waals surface area contributed by atoms with Crippen molar-refractivity contribution < 1.29 is 4.79 Å². The molecule has 0 spiro atoms. The van der Waals surface area contributed by atoms with Crippen LogP contribution in [-0.4, -0.2) is 16.1 Å². The van der Waals surface area contributed by atoms with E-state index < -0.39 is 5.91 Å². The predicted molar refractivity (Wildman–Crippen MR) is 76.5 cm³/mol. The molecule has 0 fully saturated rings. The first-order valence-electron chi connectivity index (χ1n) is 5.94. The highest BCUT2D eigenvalue weighted by Crippen LogP contribution is 2.13. The molecule has 5 nitrogen and oxygen atoms in total. The van der Waals surface area contributed by atoms with Crippen molar-refractivity contribution in [3.63, 3.8) is 0 Å². The first-order valence-corrected chi connectivity index (χ1v) is 6.82. The van der Waals surface area contributed by atoms with Gasteiger partial charge < -0.3 is 5.32 Å². The summed E-state index contributed by atoms with van der Waals surface area (Å²) in [6, 6.07) is 11.3. The third-order valence-electron chi connectivity index (χ3n) is 2.66. The minimum Gasteiger partial charge on any atom is -0.345 e. The van der Waals surface area contributed by atoms with E-state index in [0.717, 1.165) is 5.56 Å². The Bertz CT molecular complexity index is 644. The van der Waals surface area contributed by atoms with Gasteiger partial charge in [0.1, 0.15) is 22.2 Å². The Morgan fingerprint density at radius 1 is 1.45 bits per heavy atom. The standard InChI is InChI=1S/C14H12N4OS/c1-10(11-5-3-2-4-6-11)17-14(19)12(8-15)7-13-18-16-9-20-13/h2-7,9-10H,1H3,(H,17,19)/b12-7+. The van der Waals surface area contributed by atoms with E-state index in [4.69, 9.17) is 5.26 Å². The molecule has 2 rings (SSSR count). The van der Waals surface area contributed by atoms with Gasteiger partial charge >= 0.3 is 0 Å². The second-order valence-corrected chi connectivity index (χ2v) is 4.92. The zero-order valence-electron chi connectivity index (χ0n) is 10.8. The molecule has 1 aromatic heterocycles. The van der Waals surface area contributed by atoms with Gasteiger partial charge in [-0.3, -0.25) is 4.79 Å². The van der Waals surface area contributed by atoms with Gasteiger partial charge in [0.15, 0.2) is 0 Å². The molecular formula is C14H12N4OS. The van der Waals surface area contributed by atoms with E-state index in [1.165, 1.54) is 17.4 Å². The van der Waals surface area contributed by atoms with E-state index in [1.807, 2.05) is 43.3 Å². The Labute approximate surface area is 120 Å². The minimum absolute atomic E-state index is 0.0181. The first-order chi connectivity index (χ1) is 9.70. The highest BCUT2D eigenvalue weighted by molar-refractivity contribution is 7.10. The van der Waals surface area contributed by atoms with Crippen molar-refractivity contribution in [2.75, 3.05) is 0 Å². The molecule has 1 amide bonds.